The highest BCUT2D eigenvalue weighted by molar-refractivity contribution is 6.25. The maximum absolute atomic E-state index is 4.77. The number of hydrogen-bond acceptors (Lipinski definition) is 5. The predicted octanol–water partition coefficient (Wildman–Crippen LogP) is 4.40. The fourth-order valence-corrected chi connectivity index (χ4v) is 4.78. The quantitative estimate of drug-likeness (QED) is 0.432. The second-order valence-electron chi connectivity index (χ2n) is 7.71. The zero-order valence-electron chi connectivity index (χ0n) is 17.0. The molecule has 7 nitrogen and oxygen atoms in total. The molecule has 4 heterocycles. The number of aliphatic imine (C=N–C) groups is 1. The van der Waals surface area contributed by atoms with Gasteiger partial charge in [-0.3, -0.25) is 9.13 Å². The van der Waals surface area contributed by atoms with Crippen molar-refractivity contribution in [2.24, 2.45) is 4.99 Å². The van der Waals surface area contributed by atoms with Crippen molar-refractivity contribution < 1.29 is 0 Å². The number of aromatic nitrogens is 5. The monoisotopic (exact) mass is 415 g/mol. The van der Waals surface area contributed by atoms with Gasteiger partial charge in [-0.15, -0.1) is 0 Å². The van der Waals surface area contributed by atoms with Crippen LogP contribution in [0.4, 0.5) is 0 Å². The van der Waals surface area contributed by atoms with Crippen LogP contribution in [0, 0.1) is 0 Å². The summed E-state index contributed by atoms with van der Waals surface area (Å²) in [5.74, 6) is 1.40. The maximum atomic E-state index is 4.77. The summed E-state index contributed by atoms with van der Waals surface area (Å²) in [5.41, 5.74) is 4.27. The third kappa shape index (κ3) is 2.24. The van der Waals surface area contributed by atoms with Gasteiger partial charge < -0.3 is 5.32 Å². The maximum Gasteiger partial charge on any atom is 0.237 e. The van der Waals surface area contributed by atoms with Crippen LogP contribution in [0.15, 0.2) is 90.6 Å². The Kier molecular flexibility index (Phi) is 3.48. The predicted molar refractivity (Wildman–Crippen MR) is 127 cm³/mol. The smallest absolute Gasteiger partial charge is 0.237 e. The lowest BCUT2D eigenvalue weighted by molar-refractivity contribution is 0.939. The first-order chi connectivity index (χ1) is 15.9. The van der Waals surface area contributed by atoms with Gasteiger partial charge in [-0.1, -0.05) is 48.5 Å². The number of nitrogens with one attached hydrogen (secondary N) is 1. The van der Waals surface area contributed by atoms with Gasteiger partial charge in [-0.25, -0.2) is 19.9 Å². The summed E-state index contributed by atoms with van der Waals surface area (Å²) >= 11 is 0. The van der Waals surface area contributed by atoms with Crippen molar-refractivity contribution in [2.75, 3.05) is 6.54 Å². The summed E-state index contributed by atoms with van der Waals surface area (Å²) in [6.07, 6.45) is 7.03. The van der Waals surface area contributed by atoms with E-state index in [2.05, 4.69) is 84.0 Å². The molecule has 3 aromatic heterocycles. The van der Waals surface area contributed by atoms with E-state index < -0.39 is 0 Å². The third-order valence-corrected chi connectivity index (χ3v) is 6.04. The fraction of sp³-hybridized carbons (Fsp3) is 0.0400. The zero-order valence-corrected chi connectivity index (χ0v) is 17.0. The van der Waals surface area contributed by atoms with Crippen LogP contribution in [0.25, 0.3) is 49.6 Å². The molecule has 0 atom stereocenters. The first kappa shape index (κ1) is 17.2. The van der Waals surface area contributed by atoms with Gasteiger partial charge >= 0.3 is 0 Å². The molecule has 32 heavy (non-hydrogen) atoms. The lowest BCUT2D eigenvalue weighted by atomic mass is 10.1. The molecular formula is C25H17N7. The number of benzene rings is 3. The second-order valence-corrected chi connectivity index (χ2v) is 7.71. The highest BCUT2D eigenvalue weighted by atomic mass is 15.2. The van der Waals surface area contributed by atoms with E-state index in [1.165, 1.54) is 18.0 Å². The Morgan fingerprint density at radius 3 is 1.97 bits per heavy atom. The molecule has 0 aliphatic carbocycles. The summed E-state index contributed by atoms with van der Waals surface area (Å²) in [7, 11) is 0. The Hall–Kier alpha value is -4.52. The molecule has 0 unspecified atom stereocenters. The molecule has 6 aromatic rings. The molecule has 1 aliphatic heterocycles. The number of para-hydroxylation sites is 2. The highest BCUT2D eigenvalue weighted by Gasteiger charge is 2.22. The van der Waals surface area contributed by atoms with Crippen molar-refractivity contribution in [3.63, 3.8) is 0 Å². The zero-order chi connectivity index (χ0) is 21.1. The van der Waals surface area contributed by atoms with Crippen LogP contribution in [-0.2, 0) is 0 Å². The summed E-state index contributed by atoms with van der Waals surface area (Å²) < 4.78 is 4.34. The first-order valence-electron chi connectivity index (χ1n) is 10.5. The van der Waals surface area contributed by atoms with Crippen molar-refractivity contribution in [1.29, 1.82) is 0 Å². The minimum atomic E-state index is 0.592. The first-order valence-corrected chi connectivity index (χ1v) is 10.5. The minimum Gasteiger partial charge on any atom is -0.332 e. The molecule has 0 saturated heterocycles. The molecule has 7 rings (SSSR count). The third-order valence-electron chi connectivity index (χ3n) is 6.04. The van der Waals surface area contributed by atoms with E-state index in [9.17, 15) is 0 Å². The molecule has 3 aromatic carbocycles. The van der Waals surface area contributed by atoms with Crippen LogP contribution in [-0.4, -0.2) is 36.6 Å². The lowest BCUT2D eigenvalue weighted by Gasteiger charge is -2.15. The Bertz CT molecular complexity index is 1720. The summed E-state index contributed by atoms with van der Waals surface area (Å²) in [5, 5.41) is 7.98. The average molecular weight is 415 g/mol. The molecule has 1 aliphatic rings. The van der Waals surface area contributed by atoms with Crippen molar-refractivity contribution >= 4 is 49.6 Å². The van der Waals surface area contributed by atoms with Gasteiger partial charge in [-0.05, 0) is 18.2 Å². The van der Waals surface area contributed by atoms with E-state index in [1.807, 2.05) is 18.3 Å². The SMILES string of the molecule is C1=CNC(n2c3ccccc3c3ccc4c5ccccc5n(-c5ncncn5)c4c32)=NC1. The van der Waals surface area contributed by atoms with E-state index in [0.717, 1.165) is 44.2 Å². The highest BCUT2D eigenvalue weighted by Crippen LogP contribution is 2.39. The summed E-state index contributed by atoms with van der Waals surface area (Å²) in [4.78, 5) is 17.8. The molecule has 1 N–H and O–H groups in total. The summed E-state index contributed by atoms with van der Waals surface area (Å²) in [6.45, 7) is 0.642. The van der Waals surface area contributed by atoms with Crippen LogP contribution in [0.1, 0.15) is 0 Å². The molecule has 152 valence electrons. The molecule has 7 heteroatoms. The number of rotatable bonds is 1. The molecule has 0 spiro atoms. The van der Waals surface area contributed by atoms with E-state index in [4.69, 9.17) is 4.99 Å². The topological polar surface area (TPSA) is 72.9 Å². The van der Waals surface area contributed by atoms with E-state index in [0.29, 0.717) is 12.5 Å². The van der Waals surface area contributed by atoms with Gasteiger partial charge in [0.25, 0.3) is 0 Å². The van der Waals surface area contributed by atoms with E-state index in [1.54, 1.807) is 0 Å². The fourth-order valence-electron chi connectivity index (χ4n) is 4.78. The van der Waals surface area contributed by atoms with Gasteiger partial charge in [0.1, 0.15) is 12.7 Å². The number of hydrogen-bond donors (Lipinski definition) is 1. The largest absolute Gasteiger partial charge is 0.332 e. The molecule has 0 fully saturated rings. The van der Waals surface area contributed by atoms with Crippen LogP contribution < -0.4 is 5.32 Å². The standard InChI is InChI=1S/C25H17N7/c1-3-8-20-16(6-1)18-10-11-19-17-7-2-4-9-21(17)32(25-29-14-26-15-30-25)23(19)22(18)31(20)24-27-12-5-13-28-24/h1-12,14-15H,13H2,(H,27,28). The molecule has 0 amide bonds. The minimum absolute atomic E-state index is 0.592. The van der Waals surface area contributed by atoms with Crippen molar-refractivity contribution in [1.82, 2.24) is 29.4 Å². The Morgan fingerprint density at radius 2 is 1.31 bits per heavy atom. The van der Waals surface area contributed by atoms with Crippen molar-refractivity contribution in [3.8, 4) is 5.95 Å². The van der Waals surface area contributed by atoms with Crippen LogP contribution >= 0.6 is 0 Å². The number of nitrogens with zero attached hydrogens (tertiary/aromatic N) is 6. The Morgan fingerprint density at radius 1 is 0.688 bits per heavy atom. The molecular weight excluding hydrogens is 398 g/mol. The Labute approximate surface area is 182 Å². The van der Waals surface area contributed by atoms with Crippen LogP contribution in [0.3, 0.4) is 0 Å². The van der Waals surface area contributed by atoms with Gasteiger partial charge in [0.2, 0.25) is 11.9 Å². The lowest BCUT2D eigenvalue weighted by Crippen LogP contribution is -2.28. The molecule has 0 radical (unpaired) electrons. The van der Waals surface area contributed by atoms with Gasteiger partial charge in [0.05, 0.1) is 28.6 Å². The average Bonchev–Trinajstić information content (AvgIpc) is 3.38. The van der Waals surface area contributed by atoms with Crippen molar-refractivity contribution in [2.45, 2.75) is 0 Å². The molecule has 0 saturated carbocycles. The van der Waals surface area contributed by atoms with Gasteiger partial charge in [0.15, 0.2) is 0 Å². The van der Waals surface area contributed by atoms with Crippen LogP contribution in [0.2, 0.25) is 0 Å². The summed E-state index contributed by atoms with van der Waals surface area (Å²) in [6, 6.07) is 21.2. The molecule has 0 bridgehead atoms. The van der Waals surface area contributed by atoms with E-state index in [-0.39, 0.29) is 0 Å². The van der Waals surface area contributed by atoms with Gasteiger partial charge in [-0.2, -0.15) is 0 Å². The second kappa shape index (κ2) is 6.49. The van der Waals surface area contributed by atoms with E-state index >= 15 is 0 Å². The van der Waals surface area contributed by atoms with Crippen molar-refractivity contribution in [3.05, 3.63) is 85.6 Å². The van der Waals surface area contributed by atoms with Gasteiger partial charge in [0, 0.05) is 27.7 Å². The normalized spacial score (nSPS) is 13.8. The van der Waals surface area contributed by atoms with Crippen LogP contribution in [0.5, 0.6) is 0 Å². The Balaban J connectivity index is 1.77. The number of fused-ring (bicyclic) bond motifs is 7.